The van der Waals surface area contributed by atoms with E-state index < -0.39 is 0 Å². The van der Waals surface area contributed by atoms with Crippen molar-refractivity contribution in [2.75, 3.05) is 0 Å². The van der Waals surface area contributed by atoms with Crippen LogP contribution >= 0.6 is 0 Å². The third-order valence-corrected chi connectivity index (χ3v) is 6.15. The lowest BCUT2D eigenvalue weighted by Crippen LogP contribution is -2.20. The Hall–Kier alpha value is -1.04. The molecule has 0 aromatic carbocycles. The third kappa shape index (κ3) is 5.07. The molecule has 0 amide bonds. The van der Waals surface area contributed by atoms with E-state index in [0.29, 0.717) is 11.8 Å². The summed E-state index contributed by atoms with van der Waals surface area (Å²) in [6.07, 6.45) is 11.4. The molecular formula is C27H44. The molecule has 0 spiro atoms. The third-order valence-electron chi connectivity index (χ3n) is 6.15. The van der Waals surface area contributed by atoms with E-state index in [-0.39, 0.29) is 21.7 Å². The highest BCUT2D eigenvalue weighted by molar-refractivity contribution is 5.45. The molecule has 0 aromatic rings. The van der Waals surface area contributed by atoms with Crippen molar-refractivity contribution in [3.05, 3.63) is 46.6 Å². The Labute approximate surface area is 169 Å². The van der Waals surface area contributed by atoms with E-state index in [1.54, 1.807) is 11.1 Å². The molecule has 2 atom stereocenters. The minimum atomic E-state index is 0.217. The van der Waals surface area contributed by atoms with Crippen LogP contribution in [0.5, 0.6) is 0 Å². The molecule has 0 fully saturated rings. The van der Waals surface area contributed by atoms with Gasteiger partial charge in [-0.1, -0.05) is 119 Å². The second-order valence-corrected chi connectivity index (χ2v) is 12.9. The van der Waals surface area contributed by atoms with Crippen LogP contribution in [0.25, 0.3) is 0 Å². The molecule has 0 radical (unpaired) electrons. The monoisotopic (exact) mass is 368 g/mol. The summed E-state index contributed by atoms with van der Waals surface area (Å²) in [5, 5.41) is 0. The first-order chi connectivity index (χ1) is 11.9. The molecule has 0 heterocycles. The fourth-order valence-corrected chi connectivity index (χ4v) is 4.40. The van der Waals surface area contributed by atoms with Crippen LogP contribution in [0.3, 0.4) is 0 Å². The average molecular weight is 369 g/mol. The Morgan fingerprint density at radius 2 is 0.815 bits per heavy atom. The van der Waals surface area contributed by atoms with Crippen molar-refractivity contribution < 1.29 is 0 Å². The summed E-state index contributed by atoms with van der Waals surface area (Å²) >= 11 is 0. The molecular weight excluding hydrogens is 324 g/mol. The quantitative estimate of drug-likeness (QED) is 0.458. The molecule has 0 saturated carbocycles. The lowest BCUT2D eigenvalue weighted by Gasteiger charge is -2.31. The predicted octanol–water partition coefficient (Wildman–Crippen LogP) is 8.53. The van der Waals surface area contributed by atoms with Crippen molar-refractivity contribution in [3.8, 4) is 0 Å². The number of hydrogen-bond acceptors (Lipinski definition) is 0. The minimum absolute atomic E-state index is 0.217. The first kappa shape index (κ1) is 22.3. The Bertz CT molecular complexity index is 629. The standard InChI is InChI=1S/C27H44/c1-24(2,3)20-14-18(22(16-20)26(7,8)9)13-19-15-21(25(4,5)6)17-23(19)27(10,11)12/h14-19H,13H2,1-12H3. The van der Waals surface area contributed by atoms with Crippen molar-refractivity contribution in [1.82, 2.24) is 0 Å². The van der Waals surface area contributed by atoms with Crippen LogP contribution in [-0.4, -0.2) is 0 Å². The van der Waals surface area contributed by atoms with E-state index in [0.717, 1.165) is 0 Å². The number of rotatable bonds is 2. The smallest absolute Gasteiger partial charge is 0.00000919 e. The van der Waals surface area contributed by atoms with Gasteiger partial charge in [-0.3, -0.25) is 0 Å². The van der Waals surface area contributed by atoms with Crippen molar-refractivity contribution in [3.63, 3.8) is 0 Å². The summed E-state index contributed by atoms with van der Waals surface area (Å²) in [6, 6.07) is 0. The predicted molar refractivity (Wildman–Crippen MR) is 122 cm³/mol. The molecule has 0 heteroatoms. The van der Waals surface area contributed by atoms with Crippen LogP contribution in [0.15, 0.2) is 46.6 Å². The molecule has 0 N–H and O–H groups in total. The normalized spacial score (nSPS) is 24.6. The Balaban J connectivity index is 2.41. The maximum atomic E-state index is 2.57. The first-order valence-electron chi connectivity index (χ1n) is 10.8. The lowest BCUT2D eigenvalue weighted by molar-refractivity contribution is 0.400. The van der Waals surface area contributed by atoms with E-state index in [4.69, 9.17) is 0 Å². The van der Waals surface area contributed by atoms with Crippen molar-refractivity contribution >= 4 is 0 Å². The van der Waals surface area contributed by atoms with Gasteiger partial charge in [0.05, 0.1) is 0 Å². The molecule has 2 unspecified atom stereocenters. The highest BCUT2D eigenvalue weighted by atomic mass is 14.4. The van der Waals surface area contributed by atoms with Gasteiger partial charge in [0.15, 0.2) is 0 Å². The van der Waals surface area contributed by atoms with Crippen LogP contribution < -0.4 is 0 Å². The topological polar surface area (TPSA) is 0 Å². The second kappa shape index (κ2) is 6.78. The second-order valence-electron chi connectivity index (χ2n) is 12.9. The maximum Gasteiger partial charge on any atom is -0.00000919 e. The van der Waals surface area contributed by atoms with E-state index >= 15 is 0 Å². The summed E-state index contributed by atoms with van der Waals surface area (Å²) in [5.41, 5.74) is 7.11. The number of allylic oxidation sites excluding steroid dienone is 8. The summed E-state index contributed by atoms with van der Waals surface area (Å²) in [7, 11) is 0. The van der Waals surface area contributed by atoms with Gasteiger partial charge in [-0.25, -0.2) is 0 Å². The van der Waals surface area contributed by atoms with Gasteiger partial charge in [0.25, 0.3) is 0 Å². The van der Waals surface area contributed by atoms with Crippen molar-refractivity contribution in [2.24, 2.45) is 33.5 Å². The van der Waals surface area contributed by atoms with Crippen LogP contribution in [0.2, 0.25) is 0 Å². The molecule has 0 saturated heterocycles. The van der Waals surface area contributed by atoms with E-state index in [2.05, 4.69) is 107 Å². The minimum Gasteiger partial charge on any atom is -0.0735 e. The van der Waals surface area contributed by atoms with Gasteiger partial charge >= 0.3 is 0 Å². The van der Waals surface area contributed by atoms with Gasteiger partial charge in [0.1, 0.15) is 0 Å². The van der Waals surface area contributed by atoms with Gasteiger partial charge in [-0.15, -0.1) is 0 Å². The zero-order chi connectivity index (χ0) is 21.0. The van der Waals surface area contributed by atoms with Crippen molar-refractivity contribution in [1.29, 1.82) is 0 Å². The molecule has 2 aliphatic carbocycles. The molecule has 27 heavy (non-hydrogen) atoms. The van der Waals surface area contributed by atoms with Crippen LogP contribution in [-0.2, 0) is 0 Å². The fraction of sp³-hybridized carbons (Fsp3) is 0.704. The largest absolute Gasteiger partial charge is 0.0735 e. The highest BCUT2D eigenvalue weighted by Gasteiger charge is 2.37. The van der Waals surface area contributed by atoms with E-state index in [1.807, 2.05) is 0 Å². The zero-order valence-corrected chi connectivity index (χ0v) is 20.2. The molecule has 2 rings (SSSR count). The summed E-state index contributed by atoms with van der Waals surface area (Å²) < 4.78 is 0. The molecule has 0 aromatic heterocycles. The average Bonchev–Trinajstić information content (AvgIpc) is 3.00. The van der Waals surface area contributed by atoms with Gasteiger partial charge < -0.3 is 0 Å². The van der Waals surface area contributed by atoms with E-state index in [9.17, 15) is 0 Å². The van der Waals surface area contributed by atoms with E-state index in [1.165, 1.54) is 17.6 Å². The zero-order valence-electron chi connectivity index (χ0n) is 20.2. The van der Waals surface area contributed by atoms with Gasteiger partial charge in [0.2, 0.25) is 0 Å². The maximum absolute atomic E-state index is 2.57. The van der Waals surface area contributed by atoms with Gasteiger partial charge in [0, 0.05) is 0 Å². The SMILES string of the molecule is CC(C)(C)C1=CC(CC2C=C(C(C)(C)C)C=C2C(C)(C)C)C(C(C)(C)C)=C1. The summed E-state index contributed by atoms with van der Waals surface area (Å²) in [6.45, 7) is 28.3. The number of hydrogen-bond donors (Lipinski definition) is 0. The van der Waals surface area contributed by atoms with Crippen LogP contribution in [0, 0.1) is 33.5 Å². The molecule has 2 aliphatic rings. The molecule has 0 bridgehead atoms. The Morgan fingerprint density at radius 1 is 0.519 bits per heavy atom. The van der Waals surface area contributed by atoms with Gasteiger partial charge in [-0.05, 0) is 51.1 Å². The molecule has 0 nitrogen and oxygen atoms in total. The van der Waals surface area contributed by atoms with Crippen LogP contribution in [0.1, 0.15) is 89.5 Å². The molecule has 152 valence electrons. The van der Waals surface area contributed by atoms with Crippen LogP contribution in [0.4, 0.5) is 0 Å². The molecule has 0 aliphatic heterocycles. The lowest BCUT2D eigenvalue weighted by atomic mass is 9.73. The Morgan fingerprint density at radius 3 is 1.04 bits per heavy atom. The summed E-state index contributed by atoms with van der Waals surface area (Å²) in [4.78, 5) is 0. The fourth-order valence-electron chi connectivity index (χ4n) is 4.40. The summed E-state index contributed by atoms with van der Waals surface area (Å²) in [5.74, 6) is 1.09. The first-order valence-corrected chi connectivity index (χ1v) is 10.8. The van der Waals surface area contributed by atoms with Crippen molar-refractivity contribution in [2.45, 2.75) is 89.5 Å². The Kier molecular flexibility index (Phi) is 5.59. The van der Waals surface area contributed by atoms with Gasteiger partial charge in [-0.2, -0.15) is 0 Å². The highest BCUT2D eigenvalue weighted by Crippen LogP contribution is 2.49.